The highest BCUT2D eigenvalue weighted by Crippen LogP contribution is 2.33. The number of hydrogen-bond acceptors (Lipinski definition) is 6. The van der Waals surface area contributed by atoms with Crippen LogP contribution >= 0.6 is 0 Å². The zero-order valence-electron chi connectivity index (χ0n) is 17.2. The molecule has 2 aromatic heterocycles. The van der Waals surface area contributed by atoms with E-state index in [0.717, 1.165) is 19.1 Å². The Bertz CT molecular complexity index is 1090. The molecule has 10 heteroatoms. The van der Waals surface area contributed by atoms with Crippen LogP contribution in [0.2, 0.25) is 0 Å². The number of nitrogens with one attached hydrogen (secondary N) is 2. The summed E-state index contributed by atoms with van der Waals surface area (Å²) >= 11 is 0. The third-order valence-corrected chi connectivity index (χ3v) is 6.24. The molecular formula is C22H23F3N6O. The molecule has 2 aliphatic rings. The van der Waals surface area contributed by atoms with Gasteiger partial charge in [0.05, 0.1) is 17.7 Å². The van der Waals surface area contributed by atoms with Crippen LogP contribution in [0.5, 0.6) is 5.75 Å². The highest BCUT2D eigenvalue weighted by molar-refractivity contribution is 5.69. The van der Waals surface area contributed by atoms with Crippen molar-refractivity contribution in [2.75, 3.05) is 11.9 Å². The Kier molecular flexibility index (Phi) is 5.24. The van der Waals surface area contributed by atoms with Crippen LogP contribution in [0, 0.1) is 5.92 Å². The number of aromatic hydroxyl groups is 1. The van der Waals surface area contributed by atoms with Crippen molar-refractivity contribution in [1.82, 2.24) is 25.1 Å². The Morgan fingerprint density at radius 3 is 2.50 bits per heavy atom. The number of hydrogen-bond donors (Lipinski definition) is 3. The van der Waals surface area contributed by atoms with Gasteiger partial charge in [-0.05, 0) is 55.9 Å². The van der Waals surface area contributed by atoms with E-state index < -0.39 is 11.9 Å². The molecule has 4 heterocycles. The molecule has 0 aliphatic carbocycles. The number of aromatic nitrogens is 4. The Labute approximate surface area is 182 Å². The average molecular weight is 444 g/mol. The molecule has 2 aliphatic heterocycles. The van der Waals surface area contributed by atoms with Crippen LogP contribution in [0.25, 0.3) is 16.9 Å². The Hall–Kier alpha value is -3.14. The normalized spacial score (nSPS) is 22.8. The molecule has 0 radical (unpaired) electrons. The number of alkyl halides is 3. The van der Waals surface area contributed by atoms with E-state index in [1.165, 1.54) is 36.3 Å². The van der Waals surface area contributed by atoms with Crippen LogP contribution in [-0.4, -0.2) is 43.5 Å². The molecule has 2 atom stereocenters. The summed E-state index contributed by atoms with van der Waals surface area (Å²) in [6, 6.07) is 9.42. The van der Waals surface area contributed by atoms with E-state index in [4.69, 9.17) is 0 Å². The molecule has 2 fully saturated rings. The number of halogens is 3. The van der Waals surface area contributed by atoms with Crippen LogP contribution in [0.3, 0.4) is 0 Å². The lowest BCUT2D eigenvalue weighted by Crippen LogP contribution is -2.40. The van der Waals surface area contributed by atoms with Crippen LogP contribution in [-0.2, 0) is 6.18 Å². The van der Waals surface area contributed by atoms with Gasteiger partial charge >= 0.3 is 6.18 Å². The Balaban J connectivity index is 1.25. The standard InChI is InChI=1S/C22H23F3N6O/c23-22(24,25)20-11-31(12-27-20)16-3-4-17(19(32)9-16)18-5-6-21(30-29-18)26-10-13-7-14-1-2-15(8-13)28-14/h3-6,9,11-15,28,32H,1-2,7-8,10H2,(H,26,30). The zero-order chi connectivity index (χ0) is 22.3. The maximum Gasteiger partial charge on any atom is 0.434 e. The van der Waals surface area contributed by atoms with Crippen molar-refractivity contribution in [3.63, 3.8) is 0 Å². The third-order valence-electron chi connectivity index (χ3n) is 6.24. The van der Waals surface area contributed by atoms with Gasteiger partial charge in [-0.1, -0.05) is 0 Å². The lowest BCUT2D eigenvalue weighted by molar-refractivity contribution is -0.140. The molecule has 2 unspecified atom stereocenters. The van der Waals surface area contributed by atoms with Gasteiger partial charge in [-0.25, -0.2) is 4.98 Å². The minimum atomic E-state index is -4.52. The molecule has 0 amide bonds. The quantitative estimate of drug-likeness (QED) is 0.552. The van der Waals surface area contributed by atoms with Gasteiger partial charge in [0, 0.05) is 36.5 Å². The van der Waals surface area contributed by atoms with Crippen LogP contribution < -0.4 is 10.6 Å². The summed E-state index contributed by atoms with van der Waals surface area (Å²) in [5.74, 6) is 1.19. The van der Waals surface area contributed by atoms with E-state index in [1.54, 1.807) is 18.2 Å². The van der Waals surface area contributed by atoms with Crippen LogP contribution in [0.1, 0.15) is 31.4 Å². The molecule has 32 heavy (non-hydrogen) atoms. The van der Waals surface area contributed by atoms with E-state index >= 15 is 0 Å². The minimum absolute atomic E-state index is 0.107. The van der Waals surface area contributed by atoms with Crippen molar-refractivity contribution in [1.29, 1.82) is 0 Å². The summed E-state index contributed by atoms with van der Waals surface area (Å²) in [4.78, 5) is 3.37. The molecule has 168 valence electrons. The monoisotopic (exact) mass is 444 g/mol. The first-order valence-electron chi connectivity index (χ1n) is 10.6. The second-order valence-corrected chi connectivity index (χ2v) is 8.53. The fraction of sp³-hybridized carbons (Fsp3) is 0.409. The van der Waals surface area contributed by atoms with Crippen molar-refractivity contribution in [3.05, 3.63) is 48.5 Å². The molecule has 0 spiro atoms. The number of rotatable bonds is 5. The first-order valence-corrected chi connectivity index (χ1v) is 10.6. The van der Waals surface area contributed by atoms with Gasteiger partial charge in [0.25, 0.3) is 0 Å². The number of nitrogens with zero attached hydrogens (tertiary/aromatic N) is 4. The average Bonchev–Trinajstić information content (AvgIpc) is 3.39. The number of imidazole rings is 1. The van der Waals surface area contributed by atoms with Crippen molar-refractivity contribution in [3.8, 4) is 22.7 Å². The second-order valence-electron chi connectivity index (χ2n) is 8.53. The predicted octanol–water partition coefficient (Wildman–Crippen LogP) is 4.00. The van der Waals surface area contributed by atoms with E-state index in [1.807, 2.05) is 6.07 Å². The zero-order valence-corrected chi connectivity index (χ0v) is 17.2. The van der Waals surface area contributed by atoms with E-state index in [0.29, 0.717) is 40.8 Å². The number of anilines is 1. The van der Waals surface area contributed by atoms with E-state index in [9.17, 15) is 18.3 Å². The fourth-order valence-electron chi connectivity index (χ4n) is 4.67. The molecular weight excluding hydrogens is 421 g/mol. The summed E-state index contributed by atoms with van der Waals surface area (Å²) in [5.41, 5.74) is 0.281. The highest BCUT2D eigenvalue weighted by Gasteiger charge is 2.34. The number of phenolic OH excluding ortho intramolecular Hbond substituents is 1. The van der Waals surface area contributed by atoms with Crippen molar-refractivity contribution < 1.29 is 18.3 Å². The second kappa shape index (κ2) is 8.09. The molecule has 1 aromatic carbocycles. The smallest absolute Gasteiger partial charge is 0.434 e. The summed E-state index contributed by atoms with van der Waals surface area (Å²) in [5, 5.41) is 25.8. The lowest BCUT2D eigenvalue weighted by atomic mass is 9.92. The highest BCUT2D eigenvalue weighted by atomic mass is 19.4. The van der Waals surface area contributed by atoms with E-state index in [2.05, 4.69) is 25.8 Å². The van der Waals surface area contributed by atoms with Gasteiger partial charge < -0.3 is 20.3 Å². The van der Waals surface area contributed by atoms with Crippen molar-refractivity contribution in [2.24, 2.45) is 5.92 Å². The Morgan fingerprint density at radius 1 is 1.09 bits per heavy atom. The largest absolute Gasteiger partial charge is 0.507 e. The van der Waals surface area contributed by atoms with E-state index in [-0.39, 0.29) is 5.75 Å². The summed E-state index contributed by atoms with van der Waals surface area (Å²) in [6.07, 6.45) is 2.30. The summed E-state index contributed by atoms with van der Waals surface area (Å²) < 4.78 is 39.5. The molecule has 0 saturated carbocycles. The number of fused-ring (bicyclic) bond motifs is 2. The molecule has 3 N–H and O–H groups in total. The summed E-state index contributed by atoms with van der Waals surface area (Å²) in [7, 11) is 0. The van der Waals surface area contributed by atoms with Gasteiger partial charge in [0.2, 0.25) is 0 Å². The van der Waals surface area contributed by atoms with Crippen molar-refractivity contribution in [2.45, 2.75) is 43.9 Å². The maximum atomic E-state index is 12.8. The topological polar surface area (TPSA) is 87.9 Å². The van der Waals surface area contributed by atoms with Gasteiger partial charge in [-0.15, -0.1) is 10.2 Å². The predicted molar refractivity (Wildman–Crippen MR) is 112 cm³/mol. The molecule has 2 saturated heterocycles. The molecule has 2 bridgehead atoms. The van der Waals surface area contributed by atoms with Gasteiger partial charge in [-0.3, -0.25) is 0 Å². The van der Waals surface area contributed by atoms with Crippen LogP contribution in [0.15, 0.2) is 42.9 Å². The van der Waals surface area contributed by atoms with Crippen molar-refractivity contribution >= 4 is 5.82 Å². The number of piperidine rings is 1. The summed E-state index contributed by atoms with van der Waals surface area (Å²) in [6.45, 7) is 0.855. The third kappa shape index (κ3) is 4.27. The first-order chi connectivity index (χ1) is 15.3. The first kappa shape index (κ1) is 20.7. The molecule has 7 nitrogen and oxygen atoms in total. The van der Waals surface area contributed by atoms with Crippen LogP contribution in [0.4, 0.5) is 19.0 Å². The lowest BCUT2D eigenvalue weighted by Gasteiger charge is -2.29. The van der Waals surface area contributed by atoms with Gasteiger partial charge in [0.1, 0.15) is 11.6 Å². The van der Waals surface area contributed by atoms with Gasteiger partial charge in [-0.2, -0.15) is 13.2 Å². The minimum Gasteiger partial charge on any atom is -0.507 e. The van der Waals surface area contributed by atoms with Gasteiger partial charge in [0.15, 0.2) is 5.69 Å². The number of benzene rings is 1. The SMILES string of the molecule is Oc1cc(-n2cnc(C(F)(F)F)c2)ccc1-c1ccc(NCC2CC3CCC(C2)N3)nn1. The fourth-order valence-corrected chi connectivity index (χ4v) is 4.67. The molecule has 3 aromatic rings. The Morgan fingerprint density at radius 2 is 1.88 bits per heavy atom. The number of phenols is 1. The molecule has 5 rings (SSSR count). The maximum absolute atomic E-state index is 12.8.